The molecule has 0 fully saturated rings. The van der Waals surface area contributed by atoms with Crippen molar-refractivity contribution >= 4 is 12.6 Å². The zero-order valence-electron chi connectivity index (χ0n) is 27.0. The first-order chi connectivity index (χ1) is 18.5. The molecule has 0 aliphatic rings. The van der Waals surface area contributed by atoms with E-state index in [0.717, 1.165) is 36.3 Å². The molecule has 1 rings (SSSR count). The van der Waals surface area contributed by atoms with Gasteiger partial charge in [-0.15, -0.1) is 0 Å². The van der Waals surface area contributed by atoms with Gasteiger partial charge in [-0.05, 0) is 85.5 Å². The summed E-state index contributed by atoms with van der Waals surface area (Å²) in [5.41, 5.74) is -1.89. The highest BCUT2D eigenvalue weighted by Gasteiger charge is 2.27. The lowest BCUT2D eigenvalue weighted by molar-refractivity contribution is -0.968. The molecule has 2 N–H and O–H groups in total. The Bertz CT molecular complexity index is 727. The van der Waals surface area contributed by atoms with Crippen LogP contribution in [0.5, 0.6) is 0 Å². The Kier molecular flexibility index (Phi) is 21.1. The van der Waals surface area contributed by atoms with E-state index < -0.39 is 41.7 Å². The molecule has 0 aliphatic carbocycles. The van der Waals surface area contributed by atoms with Gasteiger partial charge in [-0.2, -0.15) is 0 Å². The van der Waals surface area contributed by atoms with Crippen LogP contribution in [0.2, 0.25) is 0 Å². The van der Waals surface area contributed by atoms with Crippen molar-refractivity contribution in [3.63, 3.8) is 0 Å². The van der Waals surface area contributed by atoms with Crippen molar-refractivity contribution in [3.8, 4) is 0 Å². The van der Waals surface area contributed by atoms with Gasteiger partial charge in [-0.3, -0.25) is 0 Å². The van der Waals surface area contributed by atoms with Crippen molar-refractivity contribution in [1.82, 2.24) is 0 Å². The number of halogens is 5. The summed E-state index contributed by atoms with van der Waals surface area (Å²) in [6, 6.07) is 4.86. The topological polar surface area (TPSA) is 55.0 Å². The molecule has 0 amide bonds. The van der Waals surface area contributed by atoms with Crippen LogP contribution in [-0.4, -0.2) is 43.4 Å². The first kappa shape index (κ1) is 40.9. The van der Waals surface area contributed by atoms with E-state index in [2.05, 4.69) is 83.1 Å². The lowest BCUT2D eigenvalue weighted by atomic mass is 9.79. The fourth-order valence-electron chi connectivity index (χ4n) is 5.16. The number of benzene rings is 1. The summed E-state index contributed by atoms with van der Waals surface area (Å²) < 4.78 is 62.0. The largest absolute Gasteiger partial charge is 0.889 e. The minimum atomic E-state index is -3.26. The highest BCUT2D eigenvalue weighted by molar-refractivity contribution is 6.55. The molecule has 6 unspecified atom stereocenters. The molecule has 0 aromatic heterocycles. The van der Waals surface area contributed by atoms with Crippen LogP contribution in [0.4, 0.5) is 22.0 Å². The molecule has 0 saturated carbocycles. The van der Waals surface area contributed by atoms with Crippen molar-refractivity contribution in [1.29, 1.82) is 0 Å². The fourth-order valence-corrected chi connectivity index (χ4v) is 5.16. The van der Waals surface area contributed by atoms with Gasteiger partial charge >= 0.3 is 0 Å². The lowest BCUT2D eigenvalue weighted by Gasteiger charge is -2.35. The van der Waals surface area contributed by atoms with E-state index in [0.29, 0.717) is 0 Å². The summed E-state index contributed by atoms with van der Waals surface area (Å²) >= 11 is 0. The summed E-state index contributed by atoms with van der Waals surface area (Å²) in [5.74, 6) is -11.7. The predicted molar refractivity (Wildman–Crippen MR) is 152 cm³/mol. The second-order valence-electron chi connectivity index (χ2n) is 11.2. The molecule has 0 radical (unpaired) electrons. The molecule has 0 aliphatic heterocycles. The Labute approximate surface area is 241 Å². The maximum absolute atomic E-state index is 12.5. The molecule has 236 valence electrons. The molecule has 0 saturated heterocycles. The summed E-state index contributed by atoms with van der Waals surface area (Å²) in [7, 11) is -3.26. The van der Waals surface area contributed by atoms with E-state index >= 15 is 0 Å². The molecule has 0 spiro atoms. The minimum absolute atomic E-state index is 0.810. The Morgan fingerprint density at radius 3 is 0.775 bits per heavy atom. The number of nitrogens with one attached hydrogen (secondary N) is 2. The molecule has 1 aromatic carbocycles. The zero-order valence-corrected chi connectivity index (χ0v) is 27.0. The van der Waals surface area contributed by atoms with Gasteiger partial charge in [0.05, 0.1) is 36.3 Å². The van der Waals surface area contributed by atoms with Crippen molar-refractivity contribution in [2.75, 3.05) is 0 Å². The first-order valence-electron chi connectivity index (χ1n) is 15.1. The minimum Gasteiger partial charge on any atom is -0.889 e. The third kappa shape index (κ3) is 11.9. The van der Waals surface area contributed by atoms with Gasteiger partial charge in [0.15, 0.2) is 29.1 Å². The Morgan fingerprint density at radius 1 is 0.450 bits per heavy atom. The van der Waals surface area contributed by atoms with Gasteiger partial charge in [0.1, 0.15) is 0 Å². The van der Waals surface area contributed by atoms with Gasteiger partial charge < -0.3 is 19.8 Å². The van der Waals surface area contributed by atoms with E-state index in [1.54, 1.807) is 9.80 Å². The average molecular weight is 583 g/mol. The van der Waals surface area contributed by atoms with Crippen LogP contribution in [0.3, 0.4) is 0 Å². The summed E-state index contributed by atoms with van der Waals surface area (Å²) in [5, 5.41) is 20.2. The van der Waals surface area contributed by atoms with Crippen LogP contribution in [0.25, 0.3) is 0 Å². The highest BCUT2D eigenvalue weighted by Crippen LogP contribution is 2.15. The van der Waals surface area contributed by atoms with Gasteiger partial charge in [0, 0.05) is 0 Å². The molecule has 0 bridgehead atoms. The van der Waals surface area contributed by atoms with Crippen molar-refractivity contribution in [2.24, 2.45) is 0 Å². The van der Waals surface area contributed by atoms with Crippen molar-refractivity contribution < 1.29 is 41.8 Å². The van der Waals surface area contributed by atoms with Crippen LogP contribution in [-0.2, 0) is 0 Å². The third-order valence-electron chi connectivity index (χ3n) is 8.57. The van der Waals surface area contributed by atoms with Crippen molar-refractivity contribution in [2.45, 2.75) is 158 Å². The van der Waals surface area contributed by atoms with Gasteiger partial charge in [0.25, 0.3) is 0 Å². The molecule has 10 heteroatoms. The third-order valence-corrected chi connectivity index (χ3v) is 8.57. The van der Waals surface area contributed by atoms with Gasteiger partial charge in [0.2, 0.25) is 0 Å². The number of quaternary nitrogens is 2. The smallest absolute Gasteiger partial charge is 0.200 e. The molecule has 0 heterocycles. The molecule has 40 heavy (non-hydrogen) atoms. The van der Waals surface area contributed by atoms with Crippen LogP contribution in [0.15, 0.2) is 0 Å². The Balaban J connectivity index is 0. The molecule has 1 aromatic rings. The van der Waals surface area contributed by atoms with E-state index in [1.807, 2.05) is 0 Å². The first-order valence-corrected chi connectivity index (χ1v) is 15.1. The van der Waals surface area contributed by atoms with Crippen LogP contribution in [0, 0.1) is 29.1 Å². The van der Waals surface area contributed by atoms with Gasteiger partial charge in [-0.25, -0.2) is 22.0 Å². The molecular weight excluding hydrogens is 526 g/mol. The predicted octanol–water partition coefficient (Wildman–Crippen LogP) is 3.33. The summed E-state index contributed by atoms with van der Waals surface area (Å²) in [6.45, 7) is 28.1. The van der Waals surface area contributed by atoms with Crippen LogP contribution in [0.1, 0.15) is 122 Å². The number of rotatable bonds is 13. The lowest BCUT2D eigenvalue weighted by Crippen LogP contribution is -3.21. The summed E-state index contributed by atoms with van der Waals surface area (Å²) in [4.78, 5) is 3.60. The van der Waals surface area contributed by atoms with E-state index in [4.69, 9.17) is 0 Å². The van der Waals surface area contributed by atoms with E-state index in [1.165, 1.54) is 38.5 Å². The second kappa shape index (κ2) is 20.6. The Hall–Kier alpha value is -1.23. The maximum atomic E-state index is 12.5. The van der Waals surface area contributed by atoms with Gasteiger partial charge in [-0.1, -0.05) is 48.7 Å². The molecule has 6 atom stereocenters. The van der Waals surface area contributed by atoms with E-state index in [9.17, 15) is 32.0 Å². The van der Waals surface area contributed by atoms with Crippen molar-refractivity contribution in [3.05, 3.63) is 29.1 Å². The van der Waals surface area contributed by atoms with E-state index in [-0.39, 0.29) is 0 Å². The maximum Gasteiger partial charge on any atom is 0.200 e. The van der Waals surface area contributed by atoms with Crippen LogP contribution >= 0.6 is 0 Å². The highest BCUT2D eigenvalue weighted by atomic mass is 19.2. The quantitative estimate of drug-likeness (QED) is 0.162. The number of hydrogen-bond acceptors (Lipinski definition) is 2. The molecular formula is C30H56BF5N2O2. The summed E-state index contributed by atoms with van der Waals surface area (Å²) in [6.07, 6.45) is 7.77. The SMILES string of the molecule is CCC(C)[NH+](C(C)CC)C(C)CC.CCC(C)[NH+](C(C)CC)C(C)CC.[O-]B([O-])c1c(F)c(F)c(F)c(F)c1F. The molecule has 4 nitrogen and oxygen atoms in total. The standard InChI is InChI=1S/2C12H27N.C6BF5O2/c2*1-7-10(4)13(11(5)8-2)12(6)9-3;8-2-1(7(13)14)3(9)5(11)6(12)4(2)10/h2*10-12H,7-9H2,1-6H3;/q;;-2/p+2. The van der Waals surface area contributed by atoms with Crippen LogP contribution < -0.4 is 25.3 Å². The average Bonchev–Trinajstić information content (AvgIpc) is 2.94. The Morgan fingerprint density at radius 2 is 0.625 bits per heavy atom. The number of hydrogen-bond donors (Lipinski definition) is 2. The fraction of sp³-hybridized carbons (Fsp3) is 0.800. The second-order valence-corrected chi connectivity index (χ2v) is 11.2. The normalized spacial score (nSPS) is 17.2. The zero-order chi connectivity index (χ0) is 31.9. The monoisotopic (exact) mass is 582 g/mol.